The number of allylic oxidation sites excluding steroid dienone is 4. The lowest BCUT2D eigenvalue weighted by atomic mass is 10.1. The fourth-order valence-electron chi connectivity index (χ4n) is 1.37. The molecule has 0 aromatic heterocycles. The van der Waals surface area contributed by atoms with Crippen molar-refractivity contribution in [2.24, 2.45) is 5.92 Å². The third kappa shape index (κ3) is 5.25. The molecule has 0 heterocycles. The number of urea groups is 1. The van der Waals surface area contributed by atoms with Crippen molar-refractivity contribution in [3.8, 4) is 0 Å². The summed E-state index contributed by atoms with van der Waals surface area (Å²) in [5.74, 6) is 0.627. The molecule has 0 spiro atoms. The van der Waals surface area contributed by atoms with E-state index in [9.17, 15) is 4.79 Å². The molecule has 2 amide bonds. The quantitative estimate of drug-likeness (QED) is 0.732. The van der Waals surface area contributed by atoms with E-state index in [1.165, 1.54) is 0 Å². The van der Waals surface area contributed by atoms with Crippen molar-refractivity contribution in [2.45, 2.75) is 33.1 Å². The predicted octanol–water partition coefficient (Wildman–Crippen LogP) is 2.57. The van der Waals surface area contributed by atoms with Gasteiger partial charge >= 0.3 is 6.03 Å². The molecule has 84 valence electrons. The molecule has 0 radical (unpaired) electrons. The van der Waals surface area contributed by atoms with Gasteiger partial charge in [0.25, 0.3) is 0 Å². The molecule has 2 N–H and O–H groups in total. The van der Waals surface area contributed by atoms with Crippen LogP contribution >= 0.6 is 0 Å². The number of hydrogen-bond donors (Lipinski definition) is 2. The fraction of sp³-hybridized carbons (Fsp3) is 0.583. The Hall–Kier alpha value is -1.25. The number of carbonyl (C=O) groups is 1. The topological polar surface area (TPSA) is 41.1 Å². The van der Waals surface area contributed by atoms with Gasteiger partial charge < -0.3 is 10.6 Å². The van der Waals surface area contributed by atoms with Crippen LogP contribution in [-0.2, 0) is 0 Å². The SMILES string of the molecule is CC(C)CCNC(=O)NC1=CC=CCC1. The van der Waals surface area contributed by atoms with Crippen molar-refractivity contribution >= 4 is 6.03 Å². The Morgan fingerprint density at radius 3 is 2.93 bits per heavy atom. The van der Waals surface area contributed by atoms with Crippen LogP contribution in [0.4, 0.5) is 4.79 Å². The Morgan fingerprint density at radius 2 is 2.33 bits per heavy atom. The molecule has 3 nitrogen and oxygen atoms in total. The average Bonchev–Trinajstić information content (AvgIpc) is 2.18. The fourth-order valence-corrected chi connectivity index (χ4v) is 1.37. The minimum absolute atomic E-state index is 0.0859. The summed E-state index contributed by atoms with van der Waals surface area (Å²) in [6, 6.07) is -0.0859. The molecule has 1 aliphatic rings. The number of rotatable bonds is 4. The van der Waals surface area contributed by atoms with E-state index in [4.69, 9.17) is 0 Å². The van der Waals surface area contributed by atoms with Gasteiger partial charge in [0, 0.05) is 12.2 Å². The first kappa shape index (κ1) is 11.8. The molecule has 0 aromatic rings. The molecule has 1 aliphatic carbocycles. The summed E-state index contributed by atoms with van der Waals surface area (Å²) >= 11 is 0. The maximum Gasteiger partial charge on any atom is 0.318 e. The van der Waals surface area contributed by atoms with Gasteiger partial charge in [-0.05, 0) is 31.3 Å². The molecule has 1 rings (SSSR count). The molecule has 0 aromatic carbocycles. The van der Waals surface area contributed by atoms with E-state index in [0.29, 0.717) is 5.92 Å². The number of hydrogen-bond acceptors (Lipinski definition) is 1. The zero-order valence-corrected chi connectivity index (χ0v) is 9.55. The van der Waals surface area contributed by atoms with Gasteiger partial charge in [-0.3, -0.25) is 0 Å². The van der Waals surface area contributed by atoms with Gasteiger partial charge in [0.1, 0.15) is 0 Å². The highest BCUT2D eigenvalue weighted by atomic mass is 16.2. The Bertz CT molecular complexity index is 267. The van der Waals surface area contributed by atoms with E-state index in [1.54, 1.807) is 0 Å². The summed E-state index contributed by atoms with van der Waals surface area (Å²) in [7, 11) is 0. The van der Waals surface area contributed by atoms with Crippen LogP contribution in [0.15, 0.2) is 23.9 Å². The van der Waals surface area contributed by atoms with Gasteiger partial charge in [-0.1, -0.05) is 26.0 Å². The molecule has 0 saturated carbocycles. The first-order chi connectivity index (χ1) is 7.18. The van der Waals surface area contributed by atoms with Gasteiger partial charge in [0.2, 0.25) is 0 Å². The maximum atomic E-state index is 11.4. The van der Waals surface area contributed by atoms with Crippen LogP contribution in [-0.4, -0.2) is 12.6 Å². The second-order valence-corrected chi connectivity index (χ2v) is 4.22. The highest BCUT2D eigenvalue weighted by Crippen LogP contribution is 2.07. The largest absolute Gasteiger partial charge is 0.338 e. The smallest absolute Gasteiger partial charge is 0.318 e. The van der Waals surface area contributed by atoms with Crippen LogP contribution < -0.4 is 10.6 Å². The van der Waals surface area contributed by atoms with Gasteiger partial charge in [-0.15, -0.1) is 0 Å². The molecule has 15 heavy (non-hydrogen) atoms. The zero-order valence-electron chi connectivity index (χ0n) is 9.55. The average molecular weight is 208 g/mol. The molecule has 0 unspecified atom stereocenters. The van der Waals surface area contributed by atoms with Crippen molar-refractivity contribution in [1.29, 1.82) is 0 Å². The second-order valence-electron chi connectivity index (χ2n) is 4.22. The van der Waals surface area contributed by atoms with Crippen LogP contribution in [0, 0.1) is 5.92 Å². The second kappa shape index (κ2) is 6.27. The Kier molecular flexibility index (Phi) is 4.95. The Morgan fingerprint density at radius 1 is 1.53 bits per heavy atom. The van der Waals surface area contributed by atoms with E-state index in [-0.39, 0.29) is 6.03 Å². The summed E-state index contributed by atoms with van der Waals surface area (Å²) in [6.45, 7) is 5.04. The first-order valence-electron chi connectivity index (χ1n) is 5.59. The van der Waals surface area contributed by atoms with E-state index in [1.807, 2.05) is 12.2 Å². The molecule has 0 saturated heterocycles. The summed E-state index contributed by atoms with van der Waals surface area (Å²) in [5, 5.41) is 5.70. The summed E-state index contributed by atoms with van der Waals surface area (Å²) < 4.78 is 0. The molecule has 0 aliphatic heterocycles. The van der Waals surface area contributed by atoms with Gasteiger partial charge in [0.05, 0.1) is 0 Å². The van der Waals surface area contributed by atoms with Crippen molar-refractivity contribution in [3.63, 3.8) is 0 Å². The number of carbonyl (C=O) groups excluding carboxylic acids is 1. The molecule has 3 heteroatoms. The third-order valence-electron chi connectivity index (χ3n) is 2.30. The standard InChI is InChI=1S/C12H20N2O/c1-10(2)8-9-13-12(15)14-11-6-4-3-5-7-11/h3-4,6,10H,5,7-9H2,1-2H3,(H2,13,14,15). The minimum atomic E-state index is -0.0859. The van der Waals surface area contributed by atoms with Crippen LogP contribution in [0.5, 0.6) is 0 Å². The van der Waals surface area contributed by atoms with Gasteiger partial charge in [-0.2, -0.15) is 0 Å². The molecular formula is C12H20N2O. The van der Waals surface area contributed by atoms with Gasteiger partial charge in [0.15, 0.2) is 0 Å². The normalized spacial score (nSPS) is 15.0. The highest BCUT2D eigenvalue weighted by Gasteiger charge is 2.04. The summed E-state index contributed by atoms with van der Waals surface area (Å²) in [4.78, 5) is 11.4. The molecule has 0 atom stereocenters. The minimum Gasteiger partial charge on any atom is -0.338 e. The number of amides is 2. The van der Waals surface area contributed by atoms with Crippen molar-refractivity contribution < 1.29 is 4.79 Å². The molecule has 0 bridgehead atoms. The van der Waals surface area contributed by atoms with Crippen molar-refractivity contribution in [2.75, 3.05) is 6.54 Å². The first-order valence-corrected chi connectivity index (χ1v) is 5.59. The van der Waals surface area contributed by atoms with Crippen LogP contribution in [0.25, 0.3) is 0 Å². The van der Waals surface area contributed by atoms with E-state index in [2.05, 4.69) is 30.6 Å². The molecule has 0 fully saturated rings. The maximum absolute atomic E-state index is 11.4. The highest BCUT2D eigenvalue weighted by molar-refractivity contribution is 5.75. The molecular weight excluding hydrogens is 188 g/mol. The van der Waals surface area contributed by atoms with E-state index < -0.39 is 0 Å². The lowest BCUT2D eigenvalue weighted by molar-refractivity contribution is 0.242. The Labute approximate surface area is 91.6 Å². The van der Waals surface area contributed by atoms with E-state index >= 15 is 0 Å². The predicted molar refractivity (Wildman–Crippen MR) is 62.4 cm³/mol. The van der Waals surface area contributed by atoms with Crippen molar-refractivity contribution in [3.05, 3.63) is 23.9 Å². The van der Waals surface area contributed by atoms with Crippen LogP contribution in [0.2, 0.25) is 0 Å². The van der Waals surface area contributed by atoms with Crippen LogP contribution in [0.3, 0.4) is 0 Å². The third-order valence-corrected chi connectivity index (χ3v) is 2.30. The summed E-state index contributed by atoms with van der Waals surface area (Å²) in [5.41, 5.74) is 1.000. The van der Waals surface area contributed by atoms with Crippen LogP contribution in [0.1, 0.15) is 33.1 Å². The Balaban J connectivity index is 2.18. The van der Waals surface area contributed by atoms with E-state index in [0.717, 1.165) is 31.5 Å². The van der Waals surface area contributed by atoms with Crippen molar-refractivity contribution in [1.82, 2.24) is 10.6 Å². The zero-order chi connectivity index (χ0) is 11.1. The lowest BCUT2D eigenvalue weighted by Gasteiger charge is -2.12. The lowest BCUT2D eigenvalue weighted by Crippen LogP contribution is -2.36. The number of nitrogens with one attached hydrogen (secondary N) is 2. The monoisotopic (exact) mass is 208 g/mol. The van der Waals surface area contributed by atoms with Gasteiger partial charge in [-0.25, -0.2) is 4.79 Å². The summed E-state index contributed by atoms with van der Waals surface area (Å²) in [6.07, 6.45) is 8.99.